The second-order valence-electron chi connectivity index (χ2n) is 6.46. The number of thioether (sulfide) groups is 1. The van der Waals surface area contributed by atoms with Gasteiger partial charge in [-0.1, -0.05) is 42.1 Å². The Hall–Kier alpha value is -2.58. The summed E-state index contributed by atoms with van der Waals surface area (Å²) in [6.07, 6.45) is 1.95. The normalized spacial score (nSPS) is 13.3. The van der Waals surface area contributed by atoms with Crippen LogP contribution in [-0.2, 0) is 21.2 Å². The van der Waals surface area contributed by atoms with Gasteiger partial charge in [0.25, 0.3) is 0 Å². The molecule has 1 amide bonds. The third-order valence-electron chi connectivity index (χ3n) is 4.47. The van der Waals surface area contributed by atoms with Gasteiger partial charge in [0.1, 0.15) is 0 Å². The lowest BCUT2D eigenvalue weighted by molar-refractivity contribution is -0.115. The topological polar surface area (TPSA) is 81.1 Å². The number of hydrogen-bond donors (Lipinski definition) is 1. The van der Waals surface area contributed by atoms with Gasteiger partial charge in [0.2, 0.25) is 5.91 Å². The zero-order valence-electron chi connectivity index (χ0n) is 15.0. The van der Waals surface area contributed by atoms with Crippen LogP contribution in [0.5, 0.6) is 0 Å². The van der Waals surface area contributed by atoms with Crippen LogP contribution in [0.15, 0.2) is 70.8 Å². The maximum absolute atomic E-state index is 12.3. The number of carbonyl (C=O) groups excluding carboxylic acids is 1. The molecule has 1 N–H and O–H groups in total. The second-order valence-corrected chi connectivity index (χ2v) is 9.63. The van der Waals surface area contributed by atoms with Crippen LogP contribution in [-0.4, -0.2) is 35.4 Å². The predicted molar refractivity (Wildman–Crippen MR) is 110 cm³/mol. The maximum atomic E-state index is 12.3. The number of amides is 1. The molecule has 28 heavy (non-hydrogen) atoms. The molecular weight excluding hydrogens is 394 g/mol. The Morgan fingerprint density at radius 3 is 2.57 bits per heavy atom. The number of imidazole rings is 1. The summed E-state index contributed by atoms with van der Waals surface area (Å²) in [5, 5.41) is 3.78. The minimum Gasteiger partial charge on any atom is -0.326 e. The zero-order valence-corrected chi connectivity index (χ0v) is 16.7. The van der Waals surface area contributed by atoms with Gasteiger partial charge in [0.15, 0.2) is 15.0 Å². The highest BCUT2D eigenvalue weighted by Gasteiger charge is 2.17. The van der Waals surface area contributed by atoms with E-state index in [1.165, 1.54) is 12.1 Å². The van der Waals surface area contributed by atoms with Gasteiger partial charge in [-0.05, 0) is 24.3 Å². The molecule has 1 aliphatic rings. The molecule has 0 spiro atoms. The van der Waals surface area contributed by atoms with Crippen molar-refractivity contribution in [1.29, 1.82) is 0 Å². The average Bonchev–Trinajstić information content (AvgIpc) is 3.30. The molecule has 6 nitrogen and oxygen atoms in total. The van der Waals surface area contributed by atoms with E-state index in [2.05, 4.69) is 14.9 Å². The van der Waals surface area contributed by atoms with Gasteiger partial charge in [-0.2, -0.15) is 0 Å². The van der Waals surface area contributed by atoms with E-state index in [1.807, 2.05) is 18.3 Å². The summed E-state index contributed by atoms with van der Waals surface area (Å²) in [6, 6.07) is 15.6. The van der Waals surface area contributed by atoms with E-state index in [1.54, 1.807) is 42.1 Å². The standard InChI is InChI=1S/C20H19N3O3S2/c24-19(10-13-28(25,26)17-4-2-1-3-5-17)21-16-8-6-15(7-9-16)18-14-23-11-12-27-20(23)22-18/h1-9,14H,10-13H2,(H,21,24). The largest absolute Gasteiger partial charge is 0.326 e. The van der Waals surface area contributed by atoms with Crippen molar-refractivity contribution in [3.05, 3.63) is 60.8 Å². The lowest BCUT2D eigenvalue weighted by Crippen LogP contribution is -2.17. The van der Waals surface area contributed by atoms with Gasteiger partial charge >= 0.3 is 0 Å². The van der Waals surface area contributed by atoms with E-state index in [9.17, 15) is 13.2 Å². The molecule has 1 aromatic heterocycles. The highest BCUT2D eigenvalue weighted by molar-refractivity contribution is 7.99. The number of hydrogen-bond acceptors (Lipinski definition) is 5. The van der Waals surface area contributed by atoms with Gasteiger partial charge in [-0.15, -0.1) is 0 Å². The summed E-state index contributed by atoms with van der Waals surface area (Å²) in [7, 11) is -3.46. The summed E-state index contributed by atoms with van der Waals surface area (Å²) in [5.74, 6) is 0.511. The van der Waals surface area contributed by atoms with Crippen LogP contribution < -0.4 is 5.32 Å². The van der Waals surface area contributed by atoms with E-state index in [-0.39, 0.29) is 23.0 Å². The summed E-state index contributed by atoms with van der Waals surface area (Å²) in [4.78, 5) is 17.0. The van der Waals surface area contributed by atoms with Crippen LogP contribution in [0.25, 0.3) is 11.3 Å². The van der Waals surface area contributed by atoms with Crippen LogP contribution in [0.3, 0.4) is 0 Å². The molecule has 4 rings (SSSR count). The minimum absolute atomic E-state index is 0.0933. The zero-order chi connectivity index (χ0) is 19.6. The number of aromatic nitrogens is 2. The van der Waals surface area contributed by atoms with Crippen molar-refractivity contribution in [1.82, 2.24) is 9.55 Å². The Morgan fingerprint density at radius 1 is 1.11 bits per heavy atom. The van der Waals surface area contributed by atoms with Crippen LogP contribution in [0.1, 0.15) is 6.42 Å². The highest BCUT2D eigenvalue weighted by atomic mass is 32.2. The van der Waals surface area contributed by atoms with Crippen molar-refractivity contribution in [3.8, 4) is 11.3 Å². The van der Waals surface area contributed by atoms with E-state index >= 15 is 0 Å². The van der Waals surface area contributed by atoms with Crippen LogP contribution in [0, 0.1) is 0 Å². The first-order valence-corrected chi connectivity index (χ1v) is 11.5. The fourth-order valence-electron chi connectivity index (χ4n) is 2.97. The smallest absolute Gasteiger partial charge is 0.225 e. The van der Waals surface area contributed by atoms with Crippen molar-refractivity contribution in [3.63, 3.8) is 0 Å². The Labute approximate surface area is 167 Å². The molecule has 0 fully saturated rings. The van der Waals surface area contributed by atoms with E-state index < -0.39 is 9.84 Å². The summed E-state index contributed by atoms with van der Waals surface area (Å²) >= 11 is 1.75. The van der Waals surface area contributed by atoms with Gasteiger partial charge in [0, 0.05) is 36.2 Å². The summed E-state index contributed by atoms with van der Waals surface area (Å²) in [5.41, 5.74) is 2.52. The van der Waals surface area contributed by atoms with Crippen LogP contribution in [0.2, 0.25) is 0 Å². The van der Waals surface area contributed by atoms with Crippen molar-refractivity contribution in [2.45, 2.75) is 23.0 Å². The molecule has 0 saturated heterocycles. The van der Waals surface area contributed by atoms with Gasteiger partial charge < -0.3 is 9.88 Å². The van der Waals surface area contributed by atoms with Crippen LogP contribution in [0.4, 0.5) is 5.69 Å². The summed E-state index contributed by atoms with van der Waals surface area (Å²) < 4.78 is 26.7. The first-order valence-electron chi connectivity index (χ1n) is 8.89. The number of nitrogens with one attached hydrogen (secondary N) is 1. The minimum atomic E-state index is -3.46. The molecule has 0 bridgehead atoms. The SMILES string of the molecule is O=C(CCS(=O)(=O)c1ccccc1)Nc1ccc(-c2cn3c(n2)SCC3)cc1. The van der Waals surface area contributed by atoms with Gasteiger partial charge in [-0.3, -0.25) is 4.79 Å². The predicted octanol–water partition coefficient (Wildman–Crippen LogP) is 3.46. The van der Waals surface area contributed by atoms with Crippen molar-refractivity contribution in [2.75, 3.05) is 16.8 Å². The van der Waals surface area contributed by atoms with Crippen molar-refractivity contribution in [2.24, 2.45) is 0 Å². The fourth-order valence-corrected chi connectivity index (χ4v) is 5.17. The Morgan fingerprint density at radius 2 is 1.86 bits per heavy atom. The maximum Gasteiger partial charge on any atom is 0.225 e. The molecule has 0 unspecified atom stereocenters. The lowest BCUT2D eigenvalue weighted by Gasteiger charge is -2.07. The van der Waals surface area contributed by atoms with Gasteiger partial charge in [-0.25, -0.2) is 13.4 Å². The van der Waals surface area contributed by atoms with Crippen LogP contribution >= 0.6 is 11.8 Å². The molecule has 144 valence electrons. The molecule has 0 radical (unpaired) electrons. The highest BCUT2D eigenvalue weighted by Crippen LogP contribution is 2.29. The molecule has 2 heterocycles. The number of rotatable bonds is 6. The number of nitrogens with zero attached hydrogens (tertiary/aromatic N) is 2. The Kier molecular flexibility index (Phi) is 5.23. The number of anilines is 1. The second kappa shape index (κ2) is 7.81. The molecular formula is C20H19N3O3S2. The number of fused-ring (bicyclic) bond motifs is 1. The van der Waals surface area contributed by atoms with E-state index in [0.29, 0.717) is 5.69 Å². The van der Waals surface area contributed by atoms with Crippen molar-refractivity contribution >= 4 is 33.2 Å². The first-order chi connectivity index (χ1) is 13.5. The van der Waals surface area contributed by atoms with E-state index in [0.717, 1.165) is 28.7 Å². The van der Waals surface area contributed by atoms with Crippen molar-refractivity contribution < 1.29 is 13.2 Å². The molecule has 0 atom stereocenters. The first kappa shape index (κ1) is 18.8. The molecule has 0 saturated carbocycles. The molecule has 0 aliphatic carbocycles. The number of carbonyl (C=O) groups is 1. The fraction of sp³-hybridized carbons (Fsp3) is 0.200. The molecule has 3 aromatic rings. The Balaban J connectivity index is 1.35. The molecule has 1 aliphatic heterocycles. The number of benzene rings is 2. The number of sulfone groups is 1. The monoisotopic (exact) mass is 413 g/mol. The quantitative estimate of drug-likeness (QED) is 0.669. The third kappa shape index (κ3) is 4.13. The third-order valence-corrected chi connectivity index (χ3v) is 7.17. The molecule has 2 aromatic carbocycles. The lowest BCUT2D eigenvalue weighted by atomic mass is 10.1. The van der Waals surface area contributed by atoms with E-state index in [4.69, 9.17) is 0 Å². The van der Waals surface area contributed by atoms with Gasteiger partial charge in [0.05, 0.1) is 16.3 Å². The number of aryl methyl sites for hydroxylation is 1. The molecule has 8 heteroatoms. The Bertz CT molecular complexity index is 1070. The summed E-state index contributed by atoms with van der Waals surface area (Å²) in [6.45, 7) is 0.979. The average molecular weight is 414 g/mol.